The third-order valence-electron chi connectivity index (χ3n) is 2.94. The summed E-state index contributed by atoms with van der Waals surface area (Å²) >= 11 is 1.60. The molecule has 1 N–H and O–H groups in total. The second kappa shape index (κ2) is 5.68. The van der Waals surface area contributed by atoms with E-state index in [1.165, 1.54) is 0 Å². The highest BCUT2D eigenvalue weighted by atomic mass is 32.1. The Morgan fingerprint density at radius 1 is 1.25 bits per heavy atom. The van der Waals surface area contributed by atoms with Crippen molar-refractivity contribution in [3.63, 3.8) is 0 Å². The van der Waals surface area contributed by atoms with E-state index in [1.54, 1.807) is 17.7 Å². The van der Waals surface area contributed by atoms with Crippen LogP contribution in [0.15, 0.2) is 30.6 Å². The first-order valence-corrected chi connectivity index (χ1v) is 7.51. The molecule has 0 spiro atoms. The third kappa shape index (κ3) is 2.71. The molecule has 6 heteroatoms. The Balaban J connectivity index is 1.79. The van der Waals surface area contributed by atoms with E-state index in [9.17, 15) is 0 Å². The number of hydrogen-bond acceptors (Lipinski definition) is 5. The maximum Gasteiger partial charge on any atom is 0.218 e. The van der Waals surface area contributed by atoms with Gasteiger partial charge in [-0.15, -0.1) is 10.2 Å². The number of para-hydroxylation sites is 2. The van der Waals surface area contributed by atoms with Gasteiger partial charge in [-0.2, -0.15) is 0 Å². The Labute approximate surface area is 121 Å². The Bertz CT molecular complexity index is 700. The predicted octanol–water partition coefficient (Wildman–Crippen LogP) is 2.62. The third-order valence-corrected chi connectivity index (χ3v) is 3.87. The number of fused-ring (bicyclic) bond motifs is 1. The summed E-state index contributed by atoms with van der Waals surface area (Å²) in [6.07, 6.45) is 1.80. The van der Waals surface area contributed by atoms with Crippen LogP contribution in [-0.2, 0) is 6.54 Å². The second-order valence-corrected chi connectivity index (χ2v) is 6.15. The fraction of sp³-hybridized carbons (Fsp3) is 0.357. The number of nitrogens with one attached hydrogen (secondary N) is 1. The van der Waals surface area contributed by atoms with Crippen molar-refractivity contribution in [1.82, 2.24) is 25.1 Å². The van der Waals surface area contributed by atoms with E-state index < -0.39 is 0 Å². The maximum absolute atomic E-state index is 4.38. The standard InChI is InChI=1S/C14H17N5S/c1-10(2)7-15-8-13-17-18-14(20-13)19-9-16-11-5-3-4-6-12(11)19/h3-6,9-10,15H,7-8H2,1-2H3. The summed E-state index contributed by atoms with van der Waals surface area (Å²) in [4.78, 5) is 4.38. The minimum Gasteiger partial charge on any atom is -0.310 e. The molecule has 0 saturated carbocycles. The summed E-state index contributed by atoms with van der Waals surface area (Å²) in [5, 5.41) is 13.7. The molecule has 0 bridgehead atoms. The SMILES string of the molecule is CC(C)CNCc1nnc(-n2cnc3ccccc32)s1. The van der Waals surface area contributed by atoms with Crippen molar-refractivity contribution >= 4 is 22.4 Å². The van der Waals surface area contributed by atoms with E-state index in [0.717, 1.165) is 34.3 Å². The van der Waals surface area contributed by atoms with Gasteiger partial charge < -0.3 is 5.32 Å². The highest BCUT2D eigenvalue weighted by Crippen LogP contribution is 2.20. The van der Waals surface area contributed by atoms with Crippen LogP contribution in [0.25, 0.3) is 16.2 Å². The van der Waals surface area contributed by atoms with Gasteiger partial charge in [-0.05, 0) is 24.6 Å². The molecule has 0 aliphatic rings. The van der Waals surface area contributed by atoms with Crippen LogP contribution >= 0.6 is 11.3 Å². The Kier molecular flexibility index (Phi) is 3.75. The molecule has 3 rings (SSSR count). The molecule has 1 aromatic carbocycles. The lowest BCUT2D eigenvalue weighted by atomic mass is 10.2. The lowest BCUT2D eigenvalue weighted by Gasteiger charge is -2.03. The molecular weight excluding hydrogens is 270 g/mol. The minimum absolute atomic E-state index is 0.639. The van der Waals surface area contributed by atoms with E-state index >= 15 is 0 Å². The molecular formula is C14H17N5S. The van der Waals surface area contributed by atoms with Gasteiger partial charge in [0.1, 0.15) is 11.3 Å². The van der Waals surface area contributed by atoms with E-state index in [2.05, 4.69) is 34.3 Å². The predicted molar refractivity (Wildman–Crippen MR) is 81.1 cm³/mol. The summed E-state index contributed by atoms with van der Waals surface area (Å²) in [6.45, 7) is 6.14. The molecule has 0 saturated heterocycles. The number of benzene rings is 1. The lowest BCUT2D eigenvalue weighted by Crippen LogP contribution is -2.18. The quantitative estimate of drug-likeness (QED) is 0.783. The first-order chi connectivity index (χ1) is 9.74. The number of aromatic nitrogens is 4. The van der Waals surface area contributed by atoms with Gasteiger partial charge in [0.05, 0.1) is 11.0 Å². The van der Waals surface area contributed by atoms with Crippen LogP contribution < -0.4 is 5.32 Å². The van der Waals surface area contributed by atoms with Crippen molar-refractivity contribution in [2.45, 2.75) is 20.4 Å². The maximum atomic E-state index is 4.38. The van der Waals surface area contributed by atoms with Gasteiger partial charge in [-0.1, -0.05) is 37.3 Å². The van der Waals surface area contributed by atoms with Gasteiger partial charge in [0.25, 0.3) is 0 Å². The second-order valence-electron chi connectivity index (χ2n) is 5.11. The molecule has 0 radical (unpaired) electrons. The van der Waals surface area contributed by atoms with Gasteiger partial charge in [-0.25, -0.2) is 4.98 Å². The zero-order chi connectivity index (χ0) is 13.9. The molecule has 20 heavy (non-hydrogen) atoms. The molecule has 0 atom stereocenters. The van der Waals surface area contributed by atoms with Gasteiger partial charge in [0.2, 0.25) is 5.13 Å². The first kappa shape index (κ1) is 13.2. The highest BCUT2D eigenvalue weighted by molar-refractivity contribution is 7.13. The molecule has 0 aliphatic heterocycles. The normalized spacial score (nSPS) is 11.6. The first-order valence-electron chi connectivity index (χ1n) is 6.69. The van der Waals surface area contributed by atoms with Crippen molar-refractivity contribution in [3.8, 4) is 5.13 Å². The molecule has 3 aromatic rings. The molecule has 0 aliphatic carbocycles. The molecule has 2 heterocycles. The number of imidazole rings is 1. The summed E-state index contributed by atoms with van der Waals surface area (Å²) < 4.78 is 1.99. The molecule has 104 valence electrons. The number of hydrogen-bond donors (Lipinski definition) is 1. The minimum atomic E-state index is 0.639. The van der Waals surface area contributed by atoms with Crippen LogP contribution in [0.3, 0.4) is 0 Å². The van der Waals surface area contributed by atoms with Crippen LogP contribution in [0.2, 0.25) is 0 Å². The highest BCUT2D eigenvalue weighted by Gasteiger charge is 2.09. The molecule has 0 unspecified atom stereocenters. The zero-order valence-electron chi connectivity index (χ0n) is 11.6. The average molecular weight is 287 g/mol. The smallest absolute Gasteiger partial charge is 0.218 e. The largest absolute Gasteiger partial charge is 0.310 e. The van der Waals surface area contributed by atoms with E-state index in [1.807, 2.05) is 28.8 Å². The average Bonchev–Trinajstić information content (AvgIpc) is 3.04. The Morgan fingerprint density at radius 2 is 2.10 bits per heavy atom. The van der Waals surface area contributed by atoms with Gasteiger partial charge >= 0.3 is 0 Å². The fourth-order valence-electron chi connectivity index (χ4n) is 1.99. The van der Waals surface area contributed by atoms with Crippen LogP contribution in [0.1, 0.15) is 18.9 Å². The summed E-state index contributed by atoms with van der Waals surface area (Å²) in [5.41, 5.74) is 2.03. The number of rotatable bonds is 5. The van der Waals surface area contributed by atoms with Crippen molar-refractivity contribution in [1.29, 1.82) is 0 Å². The van der Waals surface area contributed by atoms with Crippen LogP contribution in [0.5, 0.6) is 0 Å². The fourth-order valence-corrected chi connectivity index (χ4v) is 2.79. The Morgan fingerprint density at radius 3 is 2.95 bits per heavy atom. The zero-order valence-corrected chi connectivity index (χ0v) is 12.4. The molecule has 2 aromatic heterocycles. The van der Waals surface area contributed by atoms with Crippen LogP contribution in [-0.4, -0.2) is 26.3 Å². The summed E-state index contributed by atoms with van der Waals surface area (Å²) in [6, 6.07) is 8.03. The van der Waals surface area contributed by atoms with E-state index in [-0.39, 0.29) is 0 Å². The molecule has 0 fully saturated rings. The van der Waals surface area contributed by atoms with Gasteiger partial charge in [0, 0.05) is 6.54 Å². The van der Waals surface area contributed by atoms with Crippen molar-refractivity contribution in [3.05, 3.63) is 35.6 Å². The van der Waals surface area contributed by atoms with Gasteiger partial charge in [-0.3, -0.25) is 4.57 Å². The van der Waals surface area contributed by atoms with Crippen molar-refractivity contribution in [2.75, 3.05) is 6.54 Å². The lowest BCUT2D eigenvalue weighted by molar-refractivity contribution is 0.550. The van der Waals surface area contributed by atoms with Crippen LogP contribution in [0.4, 0.5) is 0 Å². The number of nitrogens with zero attached hydrogens (tertiary/aromatic N) is 4. The summed E-state index contributed by atoms with van der Waals surface area (Å²) in [5.74, 6) is 0.639. The van der Waals surface area contributed by atoms with Crippen LogP contribution in [0, 0.1) is 5.92 Å². The monoisotopic (exact) mass is 287 g/mol. The molecule has 0 amide bonds. The Hall–Kier alpha value is -1.79. The summed E-state index contributed by atoms with van der Waals surface area (Å²) in [7, 11) is 0. The van der Waals surface area contributed by atoms with Crippen molar-refractivity contribution < 1.29 is 0 Å². The van der Waals surface area contributed by atoms with Gasteiger partial charge in [0.15, 0.2) is 0 Å². The molecule has 5 nitrogen and oxygen atoms in total. The van der Waals surface area contributed by atoms with E-state index in [0.29, 0.717) is 5.92 Å². The van der Waals surface area contributed by atoms with E-state index in [4.69, 9.17) is 0 Å². The van der Waals surface area contributed by atoms with Crippen molar-refractivity contribution in [2.24, 2.45) is 5.92 Å². The topological polar surface area (TPSA) is 55.6 Å².